The molecule has 0 saturated heterocycles. The number of aliphatic carboxylic acids is 1. The first-order valence-corrected chi connectivity index (χ1v) is 12.6. The van der Waals surface area contributed by atoms with Crippen molar-refractivity contribution < 1.29 is 32.7 Å². The average Bonchev–Trinajstić information content (AvgIpc) is 2.78. The normalized spacial score (nSPS) is 21.2. The van der Waals surface area contributed by atoms with Crippen LogP contribution in [0.5, 0.6) is 0 Å². The van der Waals surface area contributed by atoms with Crippen LogP contribution in [0.2, 0.25) is 10.0 Å². The summed E-state index contributed by atoms with van der Waals surface area (Å²) in [6, 6.07) is -0.853. The SMILES string of the molecule is CC(C)(C)CN(CC(=O)c1c(Cl)cncc1Cl)C(=O)C(=CN)C(=NC1CCC(C)(C(=O)O)CC1)C(F)(F)F. The summed E-state index contributed by atoms with van der Waals surface area (Å²) in [6.45, 7) is 6.06. The number of rotatable bonds is 8. The summed E-state index contributed by atoms with van der Waals surface area (Å²) in [4.78, 5) is 46.6. The first-order chi connectivity index (χ1) is 17.4. The highest BCUT2D eigenvalue weighted by atomic mass is 35.5. The number of carbonyl (C=O) groups excluding carboxylic acids is 2. The lowest BCUT2D eigenvalue weighted by Crippen LogP contribution is -2.45. The van der Waals surface area contributed by atoms with Crippen molar-refractivity contribution in [3.8, 4) is 0 Å². The second-order valence-electron chi connectivity index (χ2n) is 10.8. The largest absolute Gasteiger partial charge is 0.481 e. The van der Waals surface area contributed by atoms with Gasteiger partial charge in [-0.1, -0.05) is 44.0 Å². The van der Waals surface area contributed by atoms with Crippen LogP contribution in [0.15, 0.2) is 29.2 Å². The van der Waals surface area contributed by atoms with Gasteiger partial charge in [-0.15, -0.1) is 0 Å². The molecule has 1 aromatic heterocycles. The van der Waals surface area contributed by atoms with E-state index in [2.05, 4.69) is 9.98 Å². The third kappa shape index (κ3) is 7.92. The molecule has 1 saturated carbocycles. The van der Waals surface area contributed by atoms with Gasteiger partial charge in [0.05, 0.1) is 39.2 Å². The van der Waals surface area contributed by atoms with E-state index in [1.807, 2.05) is 0 Å². The Morgan fingerprint density at radius 1 is 1.18 bits per heavy atom. The molecule has 1 heterocycles. The summed E-state index contributed by atoms with van der Waals surface area (Å²) >= 11 is 12.1. The van der Waals surface area contributed by atoms with Gasteiger partial charge in [-0.2, -0.15) is 13.2 Å². The van der Waals surface area contributed by atoms with Crippen molar-refractivity contribution >= 4 is 46.6 Å². The zero-order valence-corrected chi connectivity index (χ0v) is 23.0. The molecule has 1 fully saturated rings. The van der Waals surface area contributed by atoms with E-state index in [4.69, 9.17) is 28.9 Å². The molecule has 0 aromatic carbocycles. The van der Waals surface area contributed by atoms with Crippen molar-refractivity contribution in [3.63, 3.8) is 0 Å². The van der Waals surface area contributed by atoms with Crippen LogP contribution >= 0.6 is 23.2 Å². The van der Waals surface area contributed by atoms with Crippen molar-refractivity contribution in [2.24, 2.45) is 21.6 Å². The van der Waals surface area contributed by atoms with Gasteiger partial charge in [0.2, 0.25) is 0 Å². The lowest BCUT2D eigenvalue weighted by molar-refractivity contribution is -0.149. The molecule has 38 heavy (non-hydrogen) atoms. The minimum atomic E-state index is -5.04. The van der Waals surface area contributed by atoms with Gasteiger partial charge in [-0.25, -0.2) is 0 Å². The lowest BCUT2D eigenvalue weighted by Gasteiger charge is -2.33. The second-order valence-corrected chi connectivity index (χ2v) is 11.6. The molecule has 0 unspecified atom stereocenters. The van der Waals surface area contributed by atoms with E-state index in [1.54, 1.807) is 20.8 Å². The quantitative estimate of drug-likeness (QED) is 0.244. The van der Waals surface area contributed by atoms with Crippen molar-refractivity contribution in [1.82, 2.24) is 9.88 Å². The second kappa shape index (κ2) is 12.0. The predicted molar refractivity (Wildman–Crippen MR) is 138 cm³/mol. The van der Waals surface area contributed by atoms with E-state index in [1.165, 1.54) is 19.3 Å². The molecule has 1 aliphatic carbocycles. The molecule has 3 N–H and O–H groups in total. The molecule has 1 aliphatic rings. The number of nitrogens with two attached hydrogens (primary N) is 1. The number of ketones is 1. The lowest BCUT2D eigenvalue weighted by atomic mass is 9.74. The Labute approximate surface area is 229 Å². The van der Waals surface area contributed by atoms with Crippen molar-refractivity contribution in [3.05, 3.63) is 39.8 Å². The summed E-state index contributed by atoms with van der Waals surface area (Å²) in [7, 11) is 0. The fourth-order valence-corrected chi connectivity index (χ4v) is 4.76. The maximum Gasteiger partial charge on any atom is 0.433 e. The van der Waals surface area contributed by atoms with Gasteiger partial charge < -0.3 is 15.7 Å². The zero-order chi connectivity index (χ0) is 29.1. The molecule has 0 atom stereocenters. The molecule has 13 heteroatoms. The Morgan fingerprint density at radius 2 is 1.71 bits per heavy atom. The van der Waals surface area contributed by atoms with E-state index in [0.717, 1.165) is 4.90 Å². The molecule has 8 nitrogen and oxygen atoms in total. The molecule has 0 bridgehead atoms. The molecule has 0 radical (unpaired) electrons. The van der Waals surface area contributed by atoms with Gasteiger partial charge in [0, 0.05) is 25.1 Å². The van der Waals surface area contributed by atoms with E-state index >= 15 is 0 Å². The van der Waals surface area contributed by atoms with E-state index in [9.17, 15) is 32.7 Å². The van der Waals surface area contributed by atoms with Gasteiger partial charge in [-0.05, 0) is 38.0 Å². The summed E-state index contributed by atoms with van der Waals surface area (Å²) in [6.07, 6.45) is -1.67. The molecule has 1 aromatic rings. The highest BCUT2D eigenvalue weighted by Crippen LogP contribution is 2.38. The van der Waals surface area contributed by atoms with Gasteiger partial charge >= 0.3 is 12.1 Å². The van der Waals surface area contributed by atoms with Crippen LogP contribution in [0.4, 0.5) is 13.2 Å². The van der Waals surface area contributed by atoms with Crippen molar-refractivity contribution in [2.75, 3.05) is 13.1 Å². The van der Waals surface area contributed by atoms with Crippen LogP contribution in [0, 0.1) is 10.8 Å². The number of nitrogens with zero attached hydrogens (tertiary/aromatic N) is 3. The van der Waals surface area contributed by atoms with Gasteiger partial charge in [-0.3, -0.25) is 24.4 Å². The Morgan fingerprint density at radius 3 is 2.13 bits per heavy atom. The molecular formula is C25H31Cl2F3N4O4. The van der Waals surface area contributed by atoms with Crippen molar-refractivity contribution in [1.29, 1.82) is 0 Å². The number of pyridine rings is 1. The number of Topliss-reactive ketones (excluding diaryl/α,β-unsaturated/α-hetero) is 1. The maximum absolute atomic E-state index is 14.2. The van der Waals surface area contributed by atoms with Gasteiger partial charge in [0.15, 0.2) is 11.5 Å². The monoisotopic (exact) mass is 578 g/mol. The minimum absolute atomic E-state index is 0.0662. The minimum Gasteiger partial charge on any atom is -0.481 e. The predicted octanol–water partition coefficient (Wildman–Crippen LogP) is 5.33. The van der Waals surface area contributed by atoms with Crippen LogP contribution in [0.3, 0.4) is 0 Å². The molecule has 0 spiro atoms. The van der Waals surface area contributed by atoms with E-state index < -0.39 is 58.5 Å². The number of alkyl halides is 3. The van der Waals surface area contributed by atoms with Gasteiger partial charge in [0.1, 0.15) is 0 Å². The summed E-state index contributed by atoms with van der Waals surface area (Å²) < 4.78 is 42.6. The third-order valence-electron chi connectivity index (χ3n) is 6.23. The summed E-state index contributed by atoms with van der Waals surface area (Å²) in [5, 5.41) is 9.26. The fourth-order valence-electron chi connectivity index (χ4n) is 4.18. The number of aromatic nitrogens is 1. The molecule has 1 amide bonds. The maximum atomic E-state index is 14.2. The van der Waals surface area contributed by atoms with E-state index in [0.29, 0.717) is 6.20 Å². The van der Waals surface area contributed by atoms with Crippen LogP contribution < -0.4 is 5.73 Å². The highest BCUT2D eigenvalue weighted by Gasteiger charge is 2.44. The Kier molecular flexibility index (Phi) is 9.99. The van der Waals surface area contributed by atoms with Crippen molar-refractivity contribution in [2.45, 2.75) is 65.6 Å². The van der Waals surface area contributed by atoms with Crippen LogP contribution in [-0.4, -0.2) is 63.7 Å². The molecule has 2 rings (SSSR count). The highest BCUT2D eigenvalue weighted by molar-refractivity contribution is 6.39. The first-order valence-electron chi connectivity index (χ1n) is 11.8. The number of hydrogen-bond acceptors (Lipinski definition) is 6. The van der Waals surface area contributed by atoms with Crippen LogP contribution in [0.1, 0.15) is 63.7 Å². The number of carbonyl (C=O) groups is 3. The average molecular weight is 579 g/mol. The standard InChI is InChI=1S/C25H31Cl2F3N4O4/c1-23(2,3)13-34(12-18(35)19-16(26)10-32-11-17(19)27)21(36)15(9-31)20(25(28,29)30)33-14-5-7-24(4,8-6-14)22(37)38/h9-11,14H,5-8,12-13,31H2,1-4H3,(H,37,38). The topological polar surface area (TPSA) is 126 Å². The summed E-state index contributed by atoms with van der Waals surface area (Å²) in [5.41, 5.74) is 1.40. The Balaban J connectivity index is 2.44. The van der Waals surface area contributed by atoms with Crippen LogP contribution in [-0.2, 0) is 9.59 Å². The molecular weight excluding hydrogens is 548 g/mol. The smallest absolute Gasteiger partial charge is 0.433 e. The number of halogens is 5. The number of amides is 1. The Bertz CT molecular complexity index is 1120. The summed E-state index contributed by atoms with van der Waals surface area (Å²) in [5.74, 6) is -2.85. The number of carboxylic acid groups (broad SMARTS) is 1. The Hall–Kier alpha value is -2.66. The number of hydrogen-bond donors (Lipinski definition) is 2. The number of carboxylic acids is 1. The third-order valence-corrected chi connectivity index (χ3v) is 6.80. The van der Waals surface area contributed by atoms with Gasteiger partial charge in [0.25, 0.3) is 5.91 Å². The zero-order valence-electron chi connectivity index (χ0n) is 21.5. The molecule has 210 valence electrons. The first kappa shape index (κ1) is 31.6. The molecule has 0 aliphatic heterocycles. The van der Waals surface area contributed by atoms with Crippen LogP contribution in [0.25, 0.3) is 0 Å². The van der Waals surface area contributed by atoms with E-state index in [-0.39, 0.29) is 47.8 Å². The fraction of sp³-hybridized carbons (Fsp3) is 0.560. The number of aliphatic imine (C=N–C) groups is 1.